The van der Waals surface area contributed by atoms with Crippen LogP contribution in [0, 0.1) is 21.4 Å². The highest BCUT2D eigenvalue weighted by atomic mass is 19.3. The molecule has 0 saturated heterocycles. The summed E-state index contributed by atoms with van der Waals surface area (Å²) in [6, 6.07) is 2.43. The first-order valence-electron chi connectivity index (χ1n) is 4.38. The van der Waals surface area contributed by atoms with Crippen molar-refractivity contribution in [2.24, 2.45) is 0 Å². The molecule has 8 heteroatoms. The second-order valence-corrected chi connectivity index (χ2v) is 2.94. The smallest absolute Gasteiger partial charge is 0.285 e. The number of nitrogens with zero attached hydrogens (tertiary/aromatic N) is 3. The SMILES string of the molecule is COc1cc([N+](=O)[O-])c(C(F)F)c(CC#N)n1. The normalized spacial score (nSPS) is 10.1. The number of hydrogen-bond donors (Lipinski definition) is 0. The van der Waals surface area contributed by atoms with Crippen molar-refractivity contribution in [3.8, 4) is 11.9 Å². The van der Waals surface area contributed by atoms with E-state index in [0.717, 1.165) is 6.07 Å². The molecule has 0 fully saturated rings. The summed E-state index contributed by atoms with van der Waals surface area (Å²) >= 11 is 0. The molecule has 1 heterocycles. The van der Waals surface area contributed by atoms with Gasteiger partial charge in [-0.25, -0.2) is 13.8 Å². The molecule has 0 aliphatic heterocycles. The van der Waals surface area contributed by atoms with E-state index in [9.17, 15) is 18.9 Å². The fraction of sp³-hybridized carbons (Fsp3) is 0.333. The Morgan fingerprint density at radius 3 is 2.76 bits per heavy atom. The van der Waals surface area contributed by atoms with E-state index in [1.165, 1.54) is 7.11 Å². The van der Waals surface area contributed by atoms with Crippen molar-refractivity contribution in [2.75, 3.05) is 7.11 Å². The van der Waals surface area contributed by atoms with Crippen molar-refractivity contribution in [2.45, 2.75) is 12.8 Å². The second kappa shape index (κ2) is 5.16. The molecular weight excluding hydrogens is 236 g/mol. The van der Waals surface area contributed by atoms with Gasteiger partial charge in [0.25, 0.3) is 12.1 Å². The molecule has 17 heavy (non-hydrogen) atoms. The van der Waals surface area contributed by atoms with Crippen molar-refractivity contribution in [3.63, 3.8) is 0 Å². The minimum atomic E-state index is -3.07. The fourth-order valence-electron chi connectivity index (χ4n) is 1.27. The summed E-state index contributed by atoms with van der Waals surface area (Å²) < 4.78 is 30.1. The average molecular weight is 243 g/mol. The Balaban J connectivity index is 3.50. The van der Waals surface area contributed by atoms with Crippen LogP contribution in [0.3, 0.4) is 0 Å². The molecule has 0 aliphatic rings. The van der Waals surface area contributed by atoms with Crippen molar-refractivity contribution in [3.05, 3.63) is 27.4 Å². The highest BCUT2D eigenvalue weighted by Crippen LogP contribution is 2.33. The number of aromatic nitrogens is 1. The van der Waals surface area contributed by atoms with E-state index in [-0.39, 0.29) is 11.6 Å². The molecule has 6 nitrogen and oxygen atoms in total. The van der Waals surface area contributed by atoms with Crippen LogP contribution in [-0.4, -0.2) is 17.0 Å². The van der Waals surface area contributed by atoms with Gasteiger partial charge in [0.15, 0.2) is 0 Å². The first kappa shape index (κ1) is 12.8. The van der Waals surface area contributed by atoms with E-state index in [4.69, 9.17) is 5.26 Å². The molecule has 0 unspecified atom stereocenters. The summed E-state index contributed by atoms with van der Waals surface area (Å²) in [5, 5.41) is 19.1. The van der Waals surface area contributed by atoms with Crippen molar-refractivity contribution >= 4 is 5.69 Å². The summed E-state index contributed by atoms with van der Waals surface area (Å²) in [5.74, 6) is -0.175. The van der Waals surface area contributed by atoms with Crippen LogP contribution in [0.2, 0.25) is 0 Å². The van der Waals surface area contributed by atoms with Gasteiger partial charge < -0.3 is 4.74 Å². The van der Waals surface area contributed by atoms with Crippen molar-refractivity contribution < 1.29 is 18.4 Å². The maximum absolute atomic E-state index is 12.7. The van der Waals surface area contributed by atoms with Crippen LogP contribution >= 0.6 is 0 Å². The number of methoxy groups -OCH3 is 1. The van der Waals surface area contributed by atoms with Gasteiger partial charge in [-0.15, -0.1) is 0 Å². The van der Waals surface area contributed by atoms with Crippen LogP contribution in [0.1, 0.15) is 17.7 Å². The van der Waals surface area contributed by atoms with E-state index < -0.39 is 29.0 Å². The Kier molecular flexibility index (Phi) is 3.87. The van der Waals surface area contributed by atoms with Gasteiger partial charge >= 0.3 is 0 Å². The molecule has 0 bridgehead atoms. The Hall–Kier alpha value is -2.30. The number of alkyl halides is 2. The zero-order valence-corrected chi connectivity index (χ0v) is 8.68. The third kappa shape index (κ3) is 2.63. The first-order valence-corrected chi connectivity index (χ1v) is 4.38. The molecule has 0 atom stereocenters. The zero-order valence-electron chi connectivity index (χ0n) is 8.68. The maximum Gasteiger partial charge on any atom is 0.285 e. The number of hydrogen-bond acceptors (Lipinski definition) is 5. The number of halogens is 2. The first-order chi connectivity index (χ1) is 8.01. The minimum Gasteiger partial charge on any atom is -0.481 e. The zero-order chi connectivity index (χ0) is 13.0. The molecule has 0 aliphatic carbocycles. The third-order valence-corrected chi connectivity index (χ3v) is 1.96. The van der Waals surface area contributed by atoms with Gasteiger partial charge in [-0.2, -0.15) is 5.26 Å². The standard InChI is InChI=1S/C9H7F2N3O3/c1-17-7-4-6(14(15)16)8(9(10)11)5(13-7)2-3-12/h4,9H,2H2,1H3. The Labute approximate surface area is 94.6 Å². The quantitative estimate of drug-likeness (QED) is 0.596. The summed E-state index contributed by atoms with van der Waals surface area (Å²) in [7, 11) is 1.20. The number of nitro groups is 1. The van der Waals surface area contributed by atoms with Gasteiger partial charge in [0.1, 0.15) is 5.56 Å². The summed E-state index contributed by atoms with van der Waals surface area (Å²) in [6.07, 6.45) is -3.52. The average Bonchev–Trinajstić information content (AvgIpc) is 2.27. The lowest BCUT2D eigenvalue weighted by Crippen LogP contribution is -2.05. The van der Waals surface area contributed by atoms with Crippen LogP contribution in [0.5, 0.6) is 5.88 Å². The molecule has 90 valence electrons. The van der Waals surface area contributed by atoms with E-state index >= 15 is 0 Å². The van der Waals surface area contributed by atoms with Crippen LogP contribution in [-0.2, 0) is 6.42 Å². The lowest BCUT2D eigenvalue weighted by Gasteiger charge is -2.08. The van der Waals surface area contributed by atoms with Gasteiger partial charge in [0.05, 0.1) is 36.3 Å². The molecule has 0 amide bonds. The Morgan fingerprint density at radius 1 is 1.71 bits per heavy atom. The highest BCUT2D eigenvalue weighted by molar-refractivity contribution is 5.47. The summed E-state index contributed by atoms with van der Waals surface area (Å²) in [5.41, 5.74) is -1.97. The van der Waals surface area contributed by atoms with E-state index in [1.54, 1.807) is 6.07 Å². The minimum absolute atomic E-state index is 0.175. The molecule has 0 radical (unpaired) electrons. The topological polar surface area (TPSA) is 89.0 Å². The van der Waals surface area contributed by atoms with E-state index in [0.29, 0.717) is 0 Å². The van der Waals surface area contributed by atoms with Crippen LogP contribution < -0.4 is 4.74 Å². The number of nitriles is 1. The number of ether oxygens (including phenoxy) is 1. The van der Waals surface area contributed by atoms with E-state index in [2.05, 4.69) is 9.72 Å². The van der Waals surface area contributed by atoms with Crippen LogP contribution in [0.4, 0.5) is 14.5 Å². The summed E-state index contributed by atoms with van der Waals surface area (Å²) in [4.78, 5) is 13.3. The molecule has 0 saturated carbocycles. The molecular formula is C9H7F2N3O3. The van der Waals surface area contributed by atoms with Crippen LogP contribution in [0.15, 0.2) is 6.07 Å². The van der Waals surface area contributed by atoms with Gasteiger partial charge in [-0.05, 0) is 0 Å². The predicted molar refractivity (Wildman–Crippen MR) is 51.7 cm³/mol. The third-order valence-electron chi connectivity index (χ3n) is 1.96. The molecule has 1 aromatic heterocycles. The number of rotatable bonds is 4. The predicted octanol–water partition coefficient (Wildman–Crippen LogP) is 2.00. The Morgan fingerprint density at radius 2 is 2.35 bits per heavy atom. The molecule has 0 N–H and O–H groups in total. The van der Waals surface area contributed by atoms with Crippen LogP contribution in [0.25, 0.3) is 0 Å². The van der Waals surface area contributed by atoms with E-state index in [1.807, 2.05) is 0 Å². The van der Waals surface area contributed by atoms with Gasteiger partial charge in [0.2, 0.25) is 5.88 Å². The highest BCUT2D eigenvalue weighted by Gasteiger charge is 2.28. The molecule has 1 aromatic rings. The fourth-order valence-corrected chi connectivity index (χ4v) is 1.27. The molecule has 1 rings (SSSR count). The lowest BCUT2D eigenvalue weighted by molar-refractivity contribution is -0.386. The van der Waals surface area contributed by atoms with Gasteiger partial charge in [0, 0.05) is 0 Å². The number of pyridine rings is 1. The van der Waals surface area contributed by atoms with Crippen molar-refractivity contribution in [1.29, 1.82) is 5.26 Å². The summed E-state index contributed by atoms with van der Waals surface area (Å²) in [6.45, 7) is 0. The van der Waals surface area contributed by atoms with Gasteiger partial charge in [-0.3, -0.25) is 10.1 Å². The van der Waals surface area contributed by atoms with Gasteiger partial charge in [-0.1, -0.05) is 0 Å². The maximum atomic E-state index is 12.7. The second-order valence-electron chi connectivity index (χ2n) is 2.94. The molecule has 0 spiro atoms. The Bertz CT molecular complexity index is 485. The lowest BCUT2D eigenvalue weighted by atomic mass is 10.1. The molecule has 0 aromatic carbocycles. The largest absolute Gasteiger partial charge is 0.481 e. The van der Waals surface area contributed by atoms with Crippen molar-refractivity contribution in [1.82, 2.24) is 4.98 Å². The monoisotopic (exact) mass is 243 g/mol.